The standard InChI is InChI=1S/C15H22FN3/c1-3-9-19-14-8-7-12(16)10-13(14)18-15(19)6-4-5-11(2)17/h7-8,10-11H,3-6,9,17H2,1-2H3. The molecule has 2 rings (SSSR count). The Morgan fingerprint density at radius 1 is 1.42 bits per heavy atom. The van der Waals surface area contributed by atoms with Crippen LogP contribution in [0.4, 0.5) is 4.39 Å². The summed E-state index contributed by atoms with van der Waals surface area (Å²) in [5.41, 5.74) is 7.55. The van der Waals surface area contributed by atoms with Crippen molar-refractivity contribution in [3.05, 3.63) is 29.8 Å². The van der Waals surface area contributed by atoms with E-state index in [1.54, 1.807) is 0 Å². The smallest absolute Gasteiger partial charge is 0.125 e. The van der Waals surface area contributed by atoms with E-state index in [-0.39, 0.29) is 11.9 Å². The first-order valence-electron chi connectivity index (χ1n) is 7.02. The van der Waals surface area contributed by atoms with Gasteiger partial charge in [-0.3, -0.25) is 0 Å². The van der Waals surface area contributed by atoms with Crippen LogP contribution in [-0.2, 0) is 13.0 Å². The predicted octanol–water partition coefficient (Wildman–Crippen LogP) is 3.26. The zero-order valence-electron chi connectivity index (χ0n) is 11.7. The van der Waals surface area contributed by atoms with Gasteiger partial charge in [-0.2, -0.15) is 0 Å². The van der Waals surface area contributed by atoms with Crippen LogP contribution in [0.25, 0.3) is 11.0 Å². The number of hydrogen-bond donors (Lipinski definition) is 1. The number of halogens is 1. The number of rotatable bonds is 6. The van der Waals surface area contributed by atoms with Crippen LogP contribution in [0.15, 0.2) is 18.2 Å². The molecule has 1 aromatic heterocycles. The summed E-state index contributed by atoms with van der Waals surface area (Å²) in [4.78, 5) is 4.57. The SMILES string of the molecule is CCCn1c(CCCC(C)N)nc2cc(F)ccc21. The highest BCUT2D eigenvalue weighted by molar-refractivity contribution is 5.76. The summed E-state index contributed by atoms with van der Waals surface area (Å²) in [5, 5.41) is 0. The average molecular weight is 263 g/mol. The Morgan fingerprint density at radius 2 is 2.21 bits per heavy atom. The zero-order chi connectivity index (χ0) is 13.8. The number of benzene rings is 1. The van der Waals surface area contributed by atoms with Gasteiger partial charge in [0.25, 0.3) is 0 Å². The van der Waals surface area contributed by atoms with Gasteiger partial charge in [0.1, 0.15) is 11.6 Å². The van der Waals surface area contributed by atoms with Crippen LogP contribution >= 0.6 is 0 Å². The molecule has 1 heterocycles. The highest BCUT2D eigenvalue weighted by Gasteiger charge is 2.10. The van der Waals surface area contributed by atoms with Crippen LogP contribution < -0.4 is 5.73 Å². The lowest BCUT2D eigenvalue weighted by Gasteiger charge is -2.08. The lowest BCUT2D eigenvalue weighted by Crippen LogP contribution is -2.15. The number of imidazole rings is 1. The molecule has 0 aliphatic heterocycles. The molecule has 0 saturated heterocycles. The largest absolute Gasteiger partial charge is 0.328 e. The van der Waals surface area contributed by atoms with E-state index in [9.17, 15) is 4.39 Å². The third-order valence-electron chi connectivity index (χ3n) is 3.30. The van der Waals surface area contributed by atoms with Gasteiger partial charge in [0.05, 0.1) is 11.0 Å². The van der Waals surface area contributed by atoms with E-state index in [0.29, 0.717) is 0 Å². The van der Waals surface area contributed by atoms with E-state index < -0.39 is 0 Å². The van der Waals surface area contributed by atoms with Gasteiger partial charge in [0.15, 0.2) is 0 Å². The summed E-state index contributed by atoms with van der Waals surface area (Å²) in [6.07, 6.45) is 3.96. The van der Waals surface area contributed by atoms with Gasteiger partial charge >= 0.3 is 0 Å². The number of aryl methyl sites for hydroxylation is 2. The van der Waals surface area contributed by atoms with Crippen LogP contribution in [0.2, 0.25) is 0 Å². The first kappa shape index (κ1) is 14.0. The minimum absolute atomic E-state index is 0.224. The van der Waals surface area contributed by atoms with Crippen molar-refractivity contribution in [2.24, 2.45) is 5.73 Å². The molecule has 0 amide bonds. The number of fused-ring (bicyclic) bond motifs is 1. The molecule has 4 heteroatoms. The normalized spacial score (nSPS) is 13.1. The molecule has 104 valence electrons. The molecule has 0 aliphatic carbocycles. The number of nitrogens with zero attached hydrogens (tertiary/aromatic N) is 2. The molecule has 3 nitrogen and oxygen atoms in total. The minimum Gasteiger partial charge on any atom is -0.328 e. The van der Waals surface area contributed by atoms with Gasteiger partial charge < -0.3 is 10.3 Å². The van der Waals surface area contributed by atoms with Gasteiger partial charge in [-0.1, -0.05) is 6.92 Å². The van der Waals surface area contributed by atoms with E-state index in [0.717, 1.165) is 49.1 Å². The fourth-order valence-electron chi connectivity index (χ4n) is 2.40. The highest BCUT2D eigenvalue weighted by atomic mass is 19.1. The monoisotopic (exact) mass is 263 g/mol. The second-order valence-electron chi connectivity index (χ2n) is 5.18. The lowest BCUT2D eigenvalue weighted by atomic mass is 10.1. The van der Waals surface area contributed by atoms with E-state index in [4.69, 9.17) is 5.73 Å². The van der Waals surface area contributed by atoms with E-state index in [1.807, 2.05) is 13.0 Å². The first-order valence-corrected chi connectivity index (χ1v) is 7.02. The Morgan fingerprint density at radius 3 is 2.89 bits per heavy atom. The van der Waals surface area contributed by atoms with Crippen LogP contribution in [0, 0.1) is 5.82 Å². The minimum atomic E-state index is -0.226. The van der Waals surface area contributed by atoms with Crippen molar-refractivity contribution in [1.29, 1.82) is 0 Å². The van der Waals surface area contributed by atoms with Crippen molar-refractivity contribution in [3.63, 3.8) is 0 Å². The van der Waals surface area contributed by atoms with E-state index in [1.165, 1.54) is 12.1 Å². The molecular weight excluding hydrogens is 241 g/mol. The summed E-state index contributed by atoms with van der Waals surface area (Å²) in [6, 6.07) is 5.06. The fraction of sp³-hybridized carbons (Fsp3) is 0.533. The van der Waals surface area contributed by atoms with Crippen LogP contribution in [0.5, 0.6) is 0 Å². The van der Waals surface area contributed by atoms with Gasteiger partial charge in [0, 0.05) is 25.1 Å². The molecular formula is C15H22FN3. The molecule has 0 spiro atoms. The van der Waals surface area contributed by atoms with Gasteiger partial charge in [-0.15, -0.1) is 0 Å². The number of hydrogen-bond acceptors (Lipinski definition) is 2. The number of aromatic nitrogens is 2. The molecule has 0 bridgehead atoms. The Labute approximate surface area is 113 Å². The predicted molar refractivity (Wildman–Crippen MR) is 76.6 cm³/mol. The Bertz CT molecular complexity index is 546. The van der Waals surface area contributed by atoms with Gasteiger partial charge in [-0.25, -0.2) is 9.37 Å². The molecule has 1 aromatic carbocycles. The summed E-state index contributed by atoms with van der Waals surface area (Å²) < 4.78 is 15.5. The van der Waals surface area contributed by atoms with Crippen LogP contribution in [0.1, 0.15) is 38.9 Å². The van der Waals surface area contributed by atoms with Crippen molar-refractivity contribution in [3.8, 4) is 0 Å². The summed E-state index contributed by atoms with van der Waals surface area (Å²) in [6.45, 7) is 5.08. The molecule has 2 aromatic rings. The maximum atomic E-state index is 13.3. The fourth-order valence-corrected chi connectivity index (χ4v) is 2.40. The summed E-state index contributed by atoms with van der Waals surface area (Å²) in [5.74, 6) is 0.818. The molecule has 0 saturated carbocycles. The highest BCUT2D eigenvalue weighted by Crippen LogP contribution is 2.19. The Balaban J connectivity index is 2.27. The van der Waals surface area contributed by atoms with Crippen molar-refractivity contribution >= 4 is 11.0 Å². The Hall–Kier alpha value is -1.42. The second kappa shape index (κ2) is 6.15. The lowest BCUT2D eigenvalue weighted by molar-refractivity contribution is 0.587. The third kappa shape index (κ3) is 3.32. The van der Waals surface area contributed by atoms with Crippen LogP contribution in [0.3, 0.4) is 0 Å². The zero-order valence-corrected chi connectivity index (χ0v) is 11.7. The molecule has 1 unspecified atom stereocenters. The van der Waals surface area contributed by atoms with Crippen LogP contribution in [-0.4, -0.2) is 15.6 Å². The number of nitrogens with two attached hydrogens (primary N) is 1. The van der Waals surface area contributed by atoms with Crippen molar-refractivity contribution < 1.29 is 4.39 Å². The Kier molecular flexibility index (Phi) is 4.53. The topological polar surface area (TPSA) is 43.8 Å². The van der Waals surface area contributed by atoms with E-state index in [2.05, 4.69) is 16.5 Å². The van der Waals surface area contributed by atoms with Gasteiger partial charge in [-0.05, 0) is 38.3 Å². The quantitative estimate of drug-likeness (QED) is 0.869. The third-order valence-corrected chi connectivity index (χ3v) is 3.30. The van der Waals surface area contributed by atoms with Crippen molar-refractivity contribution in [2.75, 3.05) is 0 Å². The molecule has 1 atom stereocenters. The maximum Gasteiger partial charge on any atom is 0.125 e. The summed E-state index contributed by atoms with van der Waals surface area (Å²) in [7, 11) is 0. The molecule has 2 N–H and O–H groups in total. The second-order valence-corrected chi connectivity index (χ2v) is 5.18. The molecule has 0 fully saturated rings. The molecule has 19 heavy (non-hydrogen) atoms. The maximum absolute atomic E-state index is 13.3. The first-order chi connectivity index (χ1) is 9.11. The van der Waals surface area contributed by atoms with Crippen molar-refractivity contribution in [2.45, 2.75) is 52.1 Å². The van der Waals surface area contributed by atoms with E-state index >= 15 is 0 Å². The molecule has 0 aliphatic rings. The molecule has 0 radical (unpaired) electrons. The average Bonchev–Trinajstić information content (AvgIpc) is 2.67. The van der Waals surface area contributed by atoms with Crippen molar-refractivity contribution in [1.82, 2.24) is 9.55 Å². The summed E-state index contributed by atoms with van der Waals surface area (Å²) >= 11 is 0. The van der Waals surface area contributed by atoms with Gasteiger partial charge in [0.2, 0.25) is 0 Å².